The van der Waals surface area contributed by atoms with Gasteiger partial charge in [-0.3, -0.25) is 4.98 Å². The van der Waals surface area contributed by atoms with Crippen LogP contribution in [0.4, 0.5) is 10.5 Å². The Morgan fingerprint density at radius 3 is 2.79 bits per heavy atom. The summed E-state index contributed by atoms with van der Waals surface area (Å²) < 4.78 is 29.1. The normalized spacial score (nSPS) is 17.9. The van der Waals surface area contributed by atoms with Gasteiger partial charge in [-0.2, -0.15) is 0 Å². The maximum Gasteiger partial charge on any atom is 0.322 e. The van der Waals surface area contributed by atoms with Crippen LogP contribution in [-0.2, 0) is 16.4 Å². The van der Waals surface area contributed by atoms with Crippen molar-refractivity contribution in [2.75, 3.05) is 23.4 Å². The van der Waals surface area contributed by atoms with E-state index in [1.165, 1.54) is 0 Å². The van der Waals surface area contributed by atoms with Gasteiger partial charge in [0.05, 0.1) is 22.2 Å². The zero-order valence-electron chi connectivity index (χ0n) is 15.5. The summed E-state index contributed by atoms with van der Waals surface area (Å²) >= 11 is 6.27. The van der Waals surface area contributed by atoms with E-state index in [1.54, 1.807) is 29.3 Å². The van der Waals surface area contributed by atoms with Crippen molar-refractivity contribution in [3.8, 4) is 5.75 Å². The summed E-state index contributed by atoms with van der Waals surface area (Å²) in [6.07, 6.45) is 2.15. The first-order valence-corrected chi connectivity index (χ1v) is 11.2. The van der Waals surface area contributed by atoms with Crippen molar-refractivity contribution in [3.63, 3.8) is 0 Å². The number of urea groups is 1. The maximum atomic E-state index is 12.6. The van der Waals surface area contributed by atoms with Gasteiger partial charge in [0.1, 0.15) is 12.4 Å². The van der Waals surface area contributed by atoms with E-state index >= 15 is 0 Å². The molecule has 1 aliphatic rings. The number of nitrogens with zero attached hydrogens (tertiary/aromatic N) is 2. The molecule has 1 N–H and O–H groups in total. The van der Waals surface area contributed by atoms with Gasteiger partial charge in [-0.05, 0) is 43.7 Å². The Kier molecular flexibility index (Phi) is 6.41. The molecule has 0 saturated carbocycles. The van der Waals surface area contributed by atoms with Gasteiger partial charge in [0.2, 0.25) is 0 Å². The van der Waals surface area contributed by atoms with E-state index in [4.69, 9.17) is 16.3 Å². The van der Waals surface area contributed by atoms with Gasteiger partial charge >= 0.3 is 6.03 Å². The molecule has 9 heteroatoms. The molecule has 2 aromatic rings. The van der Waals surface area contributed by atoms with Gasteiger partial charge in [0.25, 0.3) is 0 Å². The van der Waals surface area contributed by atoms with Crippen LogP contribution in [0.1, 0.15) is 19.0 Å². The third-order valence-corrected chi connectivity index (χ3v) is 6.58. The molecule has 0 bridgehead atoms. The van der Waals surface area contributed by atoms with Crippen molar-refractivity contribution in [2.45, 2.75) is 26.0 Å². The number of carbonyl (C=O) groups is 1. The first-order chi connectivity index (χ1) is 13.4. The number of amides is 2. The van der Waals surface area contributed by atoms with Crippen molar-refractivity contribution >= 4 is 33.2 Å². The summed E-state index contributed by atoms with van der Waals surface area (Å²) in [5.41, 5.74) is 1.29. The molecule has 28 heavy (non-hydrogen) atoms. The summed E-state index contributed by atoms with van der Waals surface area (Å²) in [5.74, 6) is 0.616. The summed E-state index contributed by atoms with van der Waals surface area (Å²) in [6.45, 7) is 2.53. The largest absolute Gasteiger partial charge is 0.486 e. The third kappa shape index (κ3) is 5.14. The first-order valence-electron chi connectivity index (χ1n) is 8.98. The zero-order chi connectivity index (χ0) is 20.1. The fraction of sp³-hybridized carbons (Fsp3) is 0.368. The number of carbonyl (C=O) groups excluding carboxylic acids is 1. The Hall–Kier alpha value is -2.32. The molecular weight excluding hydrogens is 402 g/mol. The lowest BCUT2D eigenvalue weighted by Crippen LogP contribution is -2.43. The summed E-state index contributed by atoms with van der Waals surface area (Å²) in [6, 6.07) is 9.88. The second-order valence-electron chi connectivity index (χ2n) is 6.53. The molecular formula is C19H22ClN3O4S. The standard InChI is InChI=1S/C19H22ClN3O4S/c1-2-23(16-8-10-28(25,26)13-16)19(24)22-14-6-7-18(17(20)11-14)27-12-15-5-3-4-9-21-15/h3-7,9,11,16H,2,8,10,12-13H2,1H3,(H,22,24)/t16-/m0/s1. The van der Waals surface area contributed by atoms with Crippen LogP contribution in [0, 0.1) is 0 Å². The molecule has 2 heterocycles. The Morgan fingerprint density at radius 2 is 2.18 bits per heavy atom. The van der Waals surface area contributed by atoms with Crippen LogP contribution in [0.2, 0.25) is 5.02 Å². The quantitative estimate of drug-likeness (QED) is 0.769. The number of hydrogen-bond acceptors (Lipinski definition) is 5. The van der Waals surface area contributed by atoms with Crippen LogP contribution >= 0.6 is 11.6 Å². The lowest BCUT2D eigenvalue weighted by atomic mass is 10.2. The number of anilines is 1. The second kappa shape index (κ2) is 8.79. The van der Waals surface area contributed by atoms with Gasteiger partial charge in [0, 0.05) is 24.5 Å². The first kappa shape index (κ1) is 20.4. The predicted octanol–water partition coefficient (Wildman–Crippen LogP) is 3.35. The highest BCUT2D eigenvalue weighted by Crippen LogP contribution is 2.29. The maximum absolute atomic E-state index is 12.6. The zero-order valence-corrected chi connectivity index (χ0v) is 17.0. The number of sulfone groups is 1. The Morgan fingerprint density at radius 1 is 1.36 bits per heavy atom. The van der Waals surface area contributed by atoms with E-state index < -0.39 is 9.84 Å². The van der Waals surface area contributed by atoms with Crippen LogP contribution < -0.4 is 10.1 Å². The number of benzene rings is 1. The summed E-state index contributed by atoms with van der Waals surface area (Å²) in [7, 11) is -3.06. The van der Waals surface area contributed by atoms with Crippen LogP contribution in [0.3, 0.4) is 0 Å². The topological polar surface area (TPSA) is 88.6 Å². The van der Waals surface area contributed by atoms with Gasteiger partial charge in [-0.15, -0.1) is 0 Å². The van der Waals surface area contributed by atoms with Gasteiger partial charge in [0.15, 0.2) is 9.84 Å². The van der Waals surface area contributed by atoms with Crippen LogP contribution in [0.15, 0.2) is 42.6 Å². The van der Waals surface area contributed by atoms with Gasteiger partial charge in [-0.25, -0.2) is 13.2 Å². The molecule has 1 saturated heterocycles. The van der Waals surface area contributed by atoms with E-state index in [-0.39, 0.29) is 30.2 Å². The SMILES string of the molecule is CCN(C(=O)Nc1ccc(OCc2ccccn2)c(Cl)c1)[C@H]1CCS(=O)(=O)C1. The number of nitrogens with one attached hydrogen (secondary N) is 1. The average Bonchev–Trinajstić information content (AvgIpc) is 3.02. The molecule has 1 aromatic heterocycles. The number of hydrogen-bond donors (Lipinski definition) is 1. The Balaban J connectivity index is 1.62. The number of ether oxygens (including phenoxy) is 1. The predicted molar refractivity (Wildman–Crippen MR) is 108 cm³/mol. The second-order valence-corrected chi connectivity index (χ2v) is 9.16. The average molecular weight is 424 g/mol. The fourth-order valence-electron chi connectivity index (χ4n) is 3.11. The van der Waals surface area contributed by atoms with Crippen molar-refractivity contribution in [1.29, 1.82) is 0 Å². The van der Waals surface area contributed by atoms with E-state index in [9.17, 15) is 13.2 Å². The minimum Gasteiger partial charge on any atom is -0.486 e. The smallest absolute Gasteiger partial charge is 0.322 e. The molecule has 2 amide bonds. The lowest BCUT2D eigenvalue weighted by molar-refractivity contribution is 0.197. The van der Waals surface area contributed by atoms with E-state index in [2.05, 4.69) is 10.3 Å². The molecule has 0 spiro atoms. The minimum atomic E-state index is -3.06. The number of halogens is 1. The molecule has 150 valence electrons. The molecule has 0 radical (unpaired) electrons. The highest BCUT2D eigenvalue weighted by Gasteiger charge is 2.34. The molecule has 1 aliphatic heterocycles. The number of pyridine rings is 1. The van der Waals surface area contributed by atoms with E-state index in [0.717, 1.165) is 5.69 Å². The third-order valence-electron chi connectivity index (χ3n) is 4.54. The number of rotatable bonds is 6. The summed E-state index contributed by atoms with van der Waals surface area (Å²) in [4.78, 5) is 18.3. The van der Waals surface area contributed by atoms with Gasteiger partial charge in [-0.1, -0.05) is 17.7 Å². The molecule has 1 aromatic carbocycles. The van der Waals surface area contributed by atoms with E-state index in [1.807, 2.05) is 25.1 Å². The summed E-state index contributed by atoms with van der Waals surface area (Å²) in [5, 5.41) is 3.14. The molecule has 1 atom stereocenters. The molecule has 1 fully saturated rings. The molecule has 0 unspecified atom stereocenters. The lowest BCUT2D eigenvalue weighted by Gasteiger charge is -2.27. The van der Waals surface area contributed by atoms with Crippen LogP contribution in [-0.4, -0.2) is 48.4 Å². The van der Waals surface area contributed by atoms with Gasteiger partial charge < -0.3 is 15.0 Å². The highest BCUT2D eigenvalue weighted by molar-refractivity contribution is 7.91. The Labute approximate surface area is 169 Å². The Bertz CT molecular complexity index is 937. The highest BCUT2D eigenvalue weighted by atomic mass is 35.5. The minimum absolute atomic E-state index is 0.00924. The molecule has 7 nitrogen and oxygen atoms in total. The van der Waals surface area contributed by atoms with Crippen molar-refractivity contribution < 1.29 is 17.9 Å². The van der Waals surface area contributed by atoms with E-state index in [0.29, 0.717) is 29.4 Å². The monoisotopic (exact) mass is 423 g/mol. The molecule has 0 aliphatic carbocycles. The molecule has 3 rings (SSSR count). The fourth-order valence-corrected chi connectivity index (χ4v) is 5.08. The van der Waals surface area contributed by atoms with Crippen molar-refractivity contribution in [1.82, 2.24) is 9.88 Å². The number of aromatic nitrogens is 1. The van der Waals surface area contributed by atoms with Crippen LogP contribution in [0.25, 0.3) is 0 Å². The van der Waals surface area contributed by atoms with Crippen molar-refractivity contribution in [3.05, 3.63) is 53.3 Å². The van der Waals surface area contributed by atoms with Crippen LogP contribution in [0.5, 0.6) is 5.75 Å². The van der Waals surface area contributed by atoms with Crippen molar-refractivity contribution in [2.24, 2.45) is 0 Å².